The second-order valence-corrected chi connectivity index (χ2v) is 29.0. The lowest BCUT2D eigenvalue weighted by Crippen LogP contribution is -2.15. The normalized spacial score (nSPS) is 16.7. The summed E-state index contributed by atoms with van der Waals surface area (Å²) in [5.41, 5.74) is 0. The Morgan fingerprint density at radius 1 is 0.259 bits per heavy atom. The summed E-state index contributed by atoms with van der Waals surface area (Å²) in [4.78, 5) is 1.87. The molecule has 320 valence electrons. The van der Waals surface area contributed by atoms with Gasteiger partial charge in [-0.05, 0) is 45.9 Å². The molecule has 0 aliphatic rings. The van der Waals surface area contributed by atoms with Crippen molar-refractivity contribution in [1.29, 1.82) is 0 Å². The van der Waals surface area contributed by atoms with Crippen molar-refractivity contribution in [1.82, 2.24) is 0 Å². The molecule has 4 aromatic carbocycles. The number of benzene rings is 4. The fourth-order valence-corrected chi connectivity index (χ4v) is 25.7. The standard InChI is InChI=1S/C22H30O10S12.C12H10S2/c1-35(23)13-11(14(36(2)24)18(40(6)28)21(43(9)31)17(13)39(5)27)33-34-12-15(37(3)25)19(41(7)29)22(44(10)32)20(42(8)30)16(12)38(4)26;1-3-7-11(8-4-1)13-14-12-9-5-2-6-10-12/h1-10H3;1-10H. The molecule has 10 unspecified atom stereocenters. The van der Waals surface area contributed by atoms with E-state index in [-0.39, 0.29) is 58.7 Å². The summed E-state index contributed by atoms with van der Waals surface area (Å²) in [6, 6.07) is 20.8. The molecule has 0 spiro atoms. The van der Waals surface area contributed by atoms with Gasteiger partial charge in [-0.15, -0.1) is 0 Å². The van der Waals surface area contributed by atoms with Crippen LogP contribution in [0.15, 0.2) is 129 Å². The first-order valence-electron chi connectivity index (χ1n) is 15.8. The van der Waals surface area contributed by atoms with E-state index in [4.69, 9.17) is 0 Å². The highest BCUT2D eigenvalue weighted by Gasteiger charge is 2.36. The Morgan fingerprint density at radius 2 is 0.431 bits per heavy atom. The maximum atomic E-state index is 13.3. The molecule has 0 aliphatic heterocycles. The van der Waals surface area contributed by atoms with Gasteiger partial charge in [0.15, 0.2) is 0 Å². The third-order valence-corrected chi connectivity index (χ3v) is 23.6. The number of hydrogen-bond acceptors (Lipinski definition) is 14. The molecule has 24 heteroatoms. The summed E-state index contributed by atoms with van der Waals surface area (Å²) in [6.45, 7) is 0. The summed E-state index contributed by atoms with van der Waals surface area (Å²) in [6.07, 6.45) is 12.8. The second-order valence-electron chi connectivity index (χ2n) is 11.5. The quantitative estimate of drug-likeness (QED) is 0.114. The van der Waals surface area contributed by atoms with Crippen molar-refractivity contribution in [2.45, 2.75) is 68.5 Å². The first kappa shape index (κ1) is 52.1. The molecule has 10 nitrogen and oxygen atoms in total. The van der Waals surface area contributed by atoms with Gasteiger partial charge in [0.05, 0.1) is 167 Å². The van der Waals surface area contributed by atoms with Gasteiger partial charge in [0.1, 0.15) is 0 Å². The van der Waals surface area contributed by atoms with E-state index in [9.17, 15) is 42.1 Å². The maximum absolute atomic E-state index is 13.3. The molecule has 0 heterocycles. The largest absolute Gasteiger partial charge is 0.255 e. The minimum Gasteiger partial charge on any atom is -0.255 e. The van der Waals surface area contributed by atoms with Gasteiger partial charge in [-0.25, -0.2) is 0 Å². The SMILES string of the molecule is CS(=O)c1c(SSc2c(S(C)=O)c(S(C)=O)c(S(C)=O)c(S(C)=O)c2S(C)=O)c(S(C)=O)c(S(C)=O)c(S(C)=O)c1S(C)=O.c1ccc(SSc2ccccc2)cc1. The van der Waals surface area contributed by atoms with Crippen molar-refractivity contribution in [3.05, 3.63) is 60.7 Å². The molecule has 0 amide bonds. The average Bonchev–Trinajstić information content (AvgIpc) is 3.14. The van der Waals surface area contributed by atoms with Gasteiger partial charge >= 0.3 is 0 Å². The van der Waals surface area contributed by atoms with Crippen molar-refractivity contribution in [3.63, 3.8) is 0 Å². The van der Waals surface area contributed by atoms with Crippen LogP contribution in [0.5, 0.6) is 0 Å². The molecule has 0 fully saturated rings. The van der Waals surface area contributed by atoms with Gasteiger partial charge < -0.3 is 0 Å². The van der Waals surface area contributed by atoms with Crippen LogP contribution in [0.4, 0.5) is 0 Å². The van der Waals surface area contributed by atoms with E-state index in [0.717, 1.165) is 21.6 Å². The molecule has 4 rings (SSSR count). The zero-order valence-corrected chi connectivity index (χ0v) is 44.0. The Kier molecular flexibility index (Phi) is 21.6. The zero-order valence-electron chi connectivity index (χ0n) is 32.6. The van der Waals surface area contributed by atoms with Gasteiger partial charge in [-0.3, -0.25) is 42.1 Å². The molecule has 0 aromatic heterocycles. The van der Waals surface area contributed by atoms with Gasteiger partial charge in [-0.1, -0.05) is 58.0 Å². The van der Waals surface area contributed by atoms with Crippen LogP contribution < -0.4 is 0 Å². The molecular formula is C34H40O10S14. The highest BCUT2D eigenvalue weighted by atomic mass is 33.1. The van der Waals surface area contributed by atoms with Crippen molar-refractivity contribution < 1.29 is 42.1 Å². The lowest BCUT2D eigenvalue weighted by Gasteiger charge is -2.23. The van der Waals surface area contributed by atoms with E-state index >= 15 is 0 Å². The Balaban J connectivity index is 0.000000533. The zero-order chi connectivity index (χ0) is 43.8. The Morgan fingerprint density at radius 3 is 0.603 bits per heavy atom. The van der Waals surface area contributed by atoms with Crippen LogP contribution in [-0.4, -0.2) is 105 Å². The summed E-state index contributed by atoms with van der Waals surface area (Å²) in [5, 5.41) is 0. The fraction of sp³-hybridized carbons (Fsp3) is 0.294. The topological polar surface area (TPSA) is 171 Å². The van der Waals surface area contributed by atoms with Gasteiger partial charge in [0.2, 0.25) is 0 Å². The molecule has 0 saturated carbocycles. The first-order chi connectivity index (χ1) is 27.1. The highest BCUT2D eigenvalue weighted by molar-refractivity contribution is 8.77. The first-order valence-corrected chi connectivity index (χ1v) is 35.6. The van der Waals surface area contributed by atoms with Crippen LogP contribution in [0, 0.1) is 0 Å². The van der Waals surface area contributed by atoms with Gasteiger partial charge in [0, 0.05) is 72.3 Å². The third kappa shape index (κ3) is 12.9. The van der Waals surface area contributed by atoms with Crippen LogP contribution >= 0.6 is 43.2 Å². The summed E-state index contributed by atoms with van der Waals surface area (Å²) in [7, 11) is -13.9. The molecule has 4 aromatic rings. The predicted octanol–water partition coefficient (Wildman–Crippen LogP) is 6.35. The molecule has 10 atom stereocenters. The van der Waals surface area contributed by atoms with Crippen molar-refractivity contribution in [2.75, 3.05) is 62.6 Å². The summed E-state index contributed by atoms with van der Waals surface area (Å²) < 4.78 is 131. The van der Waals surface area contributed by atoms with E-state index < -0.39 is 108 Å². The van der Waals surface area contributed by atoms with Crippen LogP contribution in [0.1, 0.15) is 0 Å². The highest BCUT2D eigenvalue weighted by Crippen LogP contribution is 2.52. The average molecular weight is 1060 g/mol. The second kappa shape index (κ2) is 24.0. The Hall–Kier alpha value is -0.220. The maximum Gasteiger partial charge on any atom is 0.0733 e. The minimum absolute atomic E-state index is 0.0309. The van der Waals surface area contributed by atoms with Crippen LogP contribution in [0.25, 0.3) is 0 Å². The molecule has 0 radical (unpaired) electrons. The molecule has 58 heavy (non-hydrogen) atoms. The third-order valence-electron chi connectivity index (χ3n) is 7.28. The number of rotatable bonds is 16. The molecule has 0 N–H and O–H groups in total. The summed E-state index contributed by atoms with van der Waals surface area (Å²) in [5.74, 6) is 0. The van der Waals surface area contributed by atoms with E-state index in [2.05, 4.69) is 48.5 Å². The lowest BCUT2D eigenvalue weighted by molar-refractivity contribution is 0.649. The molecule has 0 bridgehead atoms. The minimum atomic E-state index is -1.92. The van der Waals surface area contributed by atoms with E-state index in [1.165, 1.54) is 72.3 Å². The van der Waals surface area contributed by atoms with Gasteiger partial charge in [-0.2, -0.15) is 0 Å². The van der Waals surface area contributed by atoms with Crippen molar-refractivity contribution in [2.24, 2.45) is 0 Å². The molecule has 0 aliphatic carbocycles. The smallest absolute Gasteiger partial charge is 0.0733 e. The van der Waals surface area contributed by atoms with Crippen molar-refractivity contribution in [3.8, 4) is 0 Å². The number of hydrogen-bond donors (Lipinski definition) is 0. The fourth-order valence-electron chi connectivity index (χ4n) is 5.13. The predicted molar refractivity (Wildman–Crippen MR) is 253 cm³/mol. The van der Waals surface area contributed by atoms with Crippen LogP contribution in [-0.2, 0) is 108 Å². The molecule has 0 saturated heterocycles. The van der Waals surface area contributed by atoms with E-state index in [1.807, 2.05) is 12.1 Å². The van der Waals surface area contributed by atoms with E-state index in [1.54, 1.807) is 21.6 Å². The molecular weight excluding hydrogens is 1020 g/mol. The monoisotopic (exact) mass is 1060 g/mol. The van der Waals surface area contributed by atoms with Crippen LogP contribution in [0.3, 0.4) is 0 Å². The van der Waals surface area contributed by atoms with Crippen LogP contribution in [0.2, 0.25) is 0 Å². The lowest BCUT2D eigenvalue weighted by atomic mass is 10.3. The Bertz CT molecular complexity index is 2160. The van der Waals surface area contributed by atoms with E-state index in [0.29, 0.717) is 0 Å². The van der Waals surface area contributed by atoms with Crippen molar-refractivity contribution >= 4 is 151 Å². The van der Waals surface area contributed by atoms with Gasteiger partial charge in [0.25, 0.3) is 0 Å². The Labute approximate surface area is 380 Å². The summed E-state index contributed by atoms with van der Waals surface area (Å²) >= 11 is 0.